The fourth-order valence-electron chi connectivity index (χ4n) is 1.58. The van der Waals surface area contributed by atoms with Crippen molar-refractivity contribution in [1.82, 2.24) is 0 Å². The van der Waals surface area contributed by atoms with Gasteiger partial charge in [0.1, 0.15) is 0 Å². The molecule has 9 heteroatoms. The van der Waals surface area contributed by atoms with Gasteiger partial charge >= 0.3 is 39.0 Å². The fourth-order valence-corrected chi connectivity index (χ4v) is 1.58. The Morgan fingerprint density at radius 1 is 0.810 bits per heavy atom. The molecule has 6 nitrogen and oxygen atoms in total. The van der Waals surface area contributed by atoms with Crippen molar-refractivity contribution in [3.8, 4) is 0 Å². The van der Waals surface area contributed by atoms with Gasteiger partial charge in [-0.25, -0.2) is 0 Å². The summed E-state index contributed by atoms with van der Waals surface area (Å²) in [5.41, 5.74) is 0. The number of carbonyl (C=O) groups is 1. The van der Waals surface area contributed by atoms with E-state index in [1.54, 1.807) is 0 Å². The second-order valence-electron chi connectivity index (χ2n) is 4.40. The first-order valence-corrected chi connectivity index (χ1v) is 8.16. The van der Waals surface area contributed by atoms with Gasteiger partial charge in [-0.05, 0) is 12.8 Å². The van der Waals surface area contributed by atoms with Crippen LogP contribution in [-0.4, -0.2) is 5.97 Å². The molecule has 0 rings (SSSR count). The number of carbonyl (C=O) groups excluding carboxylic acids is 1. The number of phosphoric acid groups is 1. The van der Waals surface area contributed by atoms with Gasteiger partial charge in [-0.15, -0.1) is 0 Å². The van der Waals surface area contributed by atoms with Gasteiger partial charge in [-0.3, -0.25) is 0 Å². The average molecular weight is 425 g/mol. The van der Waals surface area contributed by atoms with Crippen LogP contribution in [0.4, 0.5) is 0 Å². The van der Waals surface area contributed by atoms with E-state index in [-0.39, 0.29) is 45.4 Å². The molecule has 21 heavy (non-hydrogen) atoms. The van der Waals surface area contributed by atoms with Crippen LogP contribution in [0.1, 0.15) is 71.1 Å². The number of aliphatic carboxylic acids is 1. The first-order chi connectivity index (χ1) is 8.77. The van der Waals surface area contributed by atoms with Crippen LogP contribution in [0.5, 0.6) is 0 Å². The molecule has 0 aromatic carbocycles. The van der Waals surface area contributed by atoms with Crippen molar-refractivity contribution in [3.05, 3.63) is 0 Å². The molecule has 0 atom stereocenters. The van der Waals surface area contributed by atoms with E-state index < -0.39 is 13.8 Å². The number of carboxylic acid groups (broad SMARTS) is 1. The van der Waals surface area contributed by atoms with Crippen LogP contribution < -0.4 is 19.8 Å². The average Bonchev–Trinajstić information content (AvgIpc) is 2.24. The van der Waals surface area contributed by atoms with Gasteiger partial charge in [-0.1, -0.05) is 58.3 Å². The minimum Gasteiger partial charge on any atom is -0.822 e. The van der Waals surface area contributed by atoms with Crippen LogP contribution in [0, 0.1) is 0 Å². The number of hydrogen-bond donors (Lipinski definition) is 0. The summed E-state index contributed by atoms with van der Waals surface area (Å²) in [6, 6.07) is 0. The summed E-state index contributed by atoms with van der Waals surface area (Å²) in [7, 11) is -5.39. The molecular weight excluding hydrogens is 402 g/mol. The maximum atomic E-state index is 10.1. The van der Waals surface area contributed by atoms with Crippen LogP contribution in [-0.2, 0) is 48.3 Å². The van der Waals surface area contributed by atoms with E-state index >= 15 is 0 Å². The molecule has 116 valence electrons. The minimum atomic E-state index is -5.39. The van der Waals surface area contributed by atoms with Gasteiger partial charge in [0, 0.05) is 5.97 Å². The molecule has 0 radical (unpaired) electrons. The fraction of sp³-hybridized carbons (Fsp3) is 0.917. The molecule has 0 saturated heterocycles. The normalized spacial score (nSPS) is 9.71. The third-order valence-corrected chi connectivity index (χ3v) is 2.48. The Hall–Kier alpha value is 0.827. The van der Waals surface area contributed by atoms with Crippen molar-refractivity contribution < 1.29 is 68.1 Å². The number of rotatable bonds is 10. The molecule has 0 fully saturated rings. The summed E-state index contributed by atoms with van der Waals surface area (Å²) in [4.78, 5) is 35.7. The Kier molecular flexibility index (Phi) is 29.5. The molecule has 0 aliphatic rings. The smallest absolute Gasteiger partial charge is 0.822 e. The standard InChI is InChI=1S/C12H24O2.H3O4P.2Zn/c1-2-3-4-5-6-7-8-9-10-11-12(13)14;1-5(2,3)4;;/h2-11H2,1H3,(H,13,14);(H3,1,2,3,4);;/q;;2*+2/p-4. The zero-order valence-corrected chi connectivity index (χ0v) is 19.7. The third kappa shape index (κ3) is 52.8. The van der Waals surface area contributed by atoms with Crippen molar-refractivity contribution >= 4 is 13.8 Å². The van der Waals surface area contributed by atoms with Crippen LogP contribution in [0.2, 0.25) is 0 Å². The summed E-state index contributed by atoms with van der Waals surface area (Å²) in [5.74, 6) is -0.909. The number of unbranched alkanes of at least 4 members (excludes halogenated alkanes) is 8. The Morgan fingerprint density at radius 2 is 1.10 bits per heavy atom. The van der Waals surface area contributed by atoms with Crippen LogP contribution in [0.15, 0.2) is 0 Å². The van der Waals surface area contributed by atoms with Crippen molar-refractivity contribution in [3.63, 3.8) is 0 Å². The Bertz CT molecular complexity index is 252. The molecule has 0 N–H and O–H groups in total. The Morgan fingerprint density at radius 3 is 1.38 bits per heavy atom. The minimum absolute atomic E-state index is 0. The first-order valence-electron chi connectivity index (χ1n) is 6.70. The summed E-state index contributed by atoms with van der Waals surface area (Å²) in [6.07, 6.45) is 11.2. The second-order valence-corrected chi connectivity index (χ2v) is 5.29. The molecule has 0 spiro atoms. The SMILES string of the molecule is CCCCCCCCCCCC(=O)[O-].O=P([O-])([O-])[O-].[Zn+2].[Zn+2]. The molecule has 0 saturated carbocycles. The number of carboxylic acids is 1. The largest absolute Gasteiger partial charge is 2.00 e. The van der Waals surface area contributed by atoms with E-state index in [1.807, 2.05) is 0 Å². The predicted molar refractivity (Wildman–Crippen MR) is 64.5 cm³/mol. The molecule has 0 aliphatic heterocycles. The van der Waals surface area contributed by atoms with Crippen molar-refractivity contribution in [1.29, 1.82) is 0 Å². The van der Waals surface area contributed by atoms with Crippen molar-refractivity contribution in [2.75, 3.05) is 0 Å². The molecule has 0 aromatic rings. The third-order valence-electron chi connectivity index (χ3n) is 2.48. The van der Waals surface area contributed by atoms with Crippen LogP contribution in [0.25, 0.3) is 0 Å². The summed E-state index contributed by atoms with van der Waals surface area (Å²) < 4.78 is 8.55. The molecule has 0 aliphatic carbocycles. The summed E-state index contributed by atoms with van der Waals surface area (Å²) in [6.45, 7) is 2.22. The molecule has 0 heterocycles. The first kappa shape index (κ1) is 29.8. The van der Waals surface area contributed by atoms with Crippen molar-refractivity contribution in [2.24, 2.45) is 0 Å². The van der Waals surface area contributed by atoms with E-state index in [4.69, 9.17) is 19.2 Å². The Labute approximate surface area is 152 Å². The molecule has 0 bridgehead atoms. The zero-order valence-electron chi connectivity index (χ0n) is 12.9. The van der Waals surface area contributed by atoms with Crippen LogP contribution >= 0.6 is 7.82 Å². The summed E-state index contributed by atoms with van der Waals surface area (Å²) in [5, 5.41) is 10.1. The van der Waals surface area contributed by atoms with Gasteiger partial charge < -0.3 is 29.1 Å². The Balaban J connectivity index is -0.000000179. The molecule has 0 amide bonds. The van der Waals surface area contributed by atoms with Gasteiger partial charge in [0.25, 0.3) is 0 Å². The molecule has 0 unspecified atom stereocenters. The zero-order chi connectivity index (χ0) is 15.1. The maximum Gasteiger partial charge on any atom is 2.00 e. The van der Waals surface area contributed by atoms with Crippen molar-refractivity contribution in [2.45, 2.75) is 71.1 Å². The van der Waals surface area contributed by atoms with E-state index in [2.05, 4.69) is 6.92 Å². The van der Waals surface area contributed by atoms with E-state index in [9.17, 15) is 9.90 Å². The topological polar surface area (TPSA) is 126 Å². The van der Waals surface area contributed by atoms with E-state index in [0.29, 0.717) is 0 Å². The van der Waals surface area contributed by atoms with Gasteiger partial charge in [0.2, 0.25) is 0 Å². The second kappa shape index (κ2) is 20.8. The summed E-state index contributed by atoms with van der Waals surface area (Å²) >= 11 is 0. The van der Waals surface area contributed by atoms with E-state index in [1.165, 1.54) is 44.9 Å². The van der Waals surface area contributed by atoms with Gasteiger partial charge in [-0.2, -0.15) is 7.82 Å². The maximum absolute atomic E-state index is 10.1. The van der Waals surface area contributed by atoms with Crippen LogP contribution in [0.3, 0.4) is 0 Å². The molecular formula is C12H23O6PZn2. The van der Waals surface area contributed by atoms with E-state index in [0.717, 1.165) is 12.8 Å². The van der Waals surface area contributed by atoms with Gasteiger partial charge in [0.05, 0.1) is 0 Å². The molecule has 0 aromatic heterocycles. The van der Waals surface area contributed by atoms with Gasteiger partial charge in [0.15, 0.2) is 0 Å². The quantitative estimate of drug-likeness (QED) is 0.272. The monoisotopic (exact) mass is 422 g/mol. The predicted octanol–water partition coefficient (Wildman–Crippen LogP) is -0.172. The number of hydrogen-bond acceptors (Lipinski definition) is 6.